The molecule has 0 saturated carbocycles. The van der Waals surface area contributed by atoms with E-state index >= 15 is 0 Å². The minimum Gasteiger partial charge on any atom is -0.394 e. The fourth-order valence-corrected chi connectivity index (χ4v) is 7.19. The molecular formula is C44H89NO3. The molecule has 0 aromatic heterocycles. The number of unbranched alkanes of at least 4 members (excludes halogenated alkanes) is 34. The number of rotatable bonds is 41. The number of hydrogen-bond donors (Lipinski definition) is 3. The zero-order valence-corrected chi connectivity index (χ0v) is 33.0. The highest BCUT2D eigenvalue weighted by atomic mass is 16.3. The zero-order valence-electron chi connectivity index (χ0n) is 33.0. The first-order valence-corrected chi connectivity index (χ1v) is 22.2. The SMILES string of the molecule is CCCCCCCCCCCCCCCCCCCCCCCCCCCCCCCCC(=O)NC(CO)C(O)CCCCCCCC. The predicted molar refractivity (Wildman–Crippen MR) is 212 cm³/mol. The van der Waals surface area contributed by atoms with Gasteiger partial charge in [0.15, 0.2) is 0 Å². The maximum atomic E-state index is 12.3. The van der Waals surface area contributed by atoms with Crippen LogP contribution < -0.4 is 5.32 Å². The molecule has 3 N–H and O–H groups in total. The van der Waals surface area contributed by atoms with Crippen molar-refractivity contribution in [1.29, 1.82) is 0 Å². The maximum absolute atomic E-state index is 12.3. The predicted octanol–water partition coefficient (Wildman–Crippen LogP) is 13.7. The van der Waals surface area contributed by atoms with E-state index in [0.29, 0.717) is 12.8 Å². The van der Waals surface area contributed by atoms with Crippen molar-refractivity contribution in [3.05, 3.63) is 0 Å². The topological polar surface area (TPSA) is 69.6 Å². The lowest BCUT2D eigenvalue weighted by Gasteiger charge is -2.22. The fourth-order valence-electron chi connectivity index (χ4n) is 7.19. The molecule has 0 rings (SSSR count). The Morgan fingerprint density at radius 3 is 0.938 bits per heavy atom. The number of carbonyl (C=O) groups is 1. The first-order valence-electron chi connectivity index (χ1n) is 22.2. The second kappa shape index (κ2) is 40.8. The molecule has 4 heteroatoms. The average molecular weight is 680 g/mol. The Hall–Kier alpha value is -0.610. The molecule has 0 saturated heterocycles. The van der Waals surface area contributed by atoms with E-state index in [9.17, 15) is 15.0 Å². The number of aliphatic hydroxyl groups is 2. The second-order valence-electron chi connectivity index (χ2n) is 15.5. The van der Waals surface area contributed by atoms with E-state index in [-0.39, 0.29) is 12.5 Å². The van der Waals surface area contributed by atoms with Crippen LogP contribution in [0.3, 0.4) is 0 Å². The lowest BCUT2D eigenvalue weighted by Crippen LogP contribution is -2.45. The molecule has 0 radical (unpaired) electrons. The van der Waals surface area contributed by atoms with Crippen molar-refractivity contribution in [2.75, 3.05) is 6.61 Å². The van der Waals surface area contributed by atoms with Crippen molar-refractivity contribution in [3.8, 4) is 0 Å². The van der Waals surface area contributed by atoms with Crippen LogP contribution >= 0.6 is 0 Å². The third-order valence-corrected chi connectivity index (χ3v) is 10.6. The van der Waals surface area contributed by atoms with Gasteiger partial charge in [0.25, 0.3) is 0 Å². The summed E-state index contributed by atoms with van der Waals surface area (Å²) in [5, 5.41) is 22.9. The molecular weight excluding hydrogens is 590 g/mol. The van der Waals surface area contributed by atoms with Gasteiger partial charge < -0.3 is 15.5 Å². The Kier molecular flexibility index (Phi) is 40.3. The van der Waals surface area contributed by atoms with Crippen molar-refractivity contribution in [3.63, 3.8) is 0 Å². The van der Waals surface area contributed by atoms with Crippen LogP contribution in [0.15, 0.2) is 0 Å². The van der Waals surface area contributed by atoms with Gasteiger partial charge in [0, 0.05) is 6.42 Å². The van der Waals surface area contributed by atoms with E-state index in [1.54, 1.807) is 0 Å². The van der Waals surface area contributed by atoms with Gasteiger partial charge in [0.2, 0.25) is 5.91 Å². The summed E-state index contributed by atoms with van der Waals surface area (Å²) in [7, 11) is 0. The summed E-state index contributed by atoms with van der Waals surface area (Å²) in [5.41, 5.74) is 0. The van der Waals surface area contributed by atoms with Crippen LogP contribution in [0.2, 0.25) is 0 Å². The van der Waals surface area contributed by atoms with Crippen LogP contribution in [0.4, 0.5) is 0 Å². The van der Waals surface area contributed by atoms with Gasteiger partial charge in [-0.05, 0) is 12.8 Å². The minimum absolute atomic E-state index is 0.0312. The zero-order chi connectivity index (χ0) is 35.0. The summed E-state index contributed by atoms with van der Waals surface area (Å²) >= 11 is 0. The third-order valence-electron chi connectivity index (χ3n) is 10.6. The Bertz CT molecular complexity index is 612. The highest BCUT2D eigenvalue weighted by Gasteiger charge is 2.19. The van der Waals surface area contributed by atoms with E-state index in [1.165, 1.54) is 205 Å². The average Bonchev–Trinajstić information content (AvgIpc) is 3.09. The molecule has 0 heterocycles. The molecule has 288 valence electrons. The highest BCUT2D eigenvalue weighted by Crippen LogP contribution is 2.17. The first kappa shape index (κ1) is 47.4. The summed E-state index contributed by atoms with van der Waals surface area (Å²) < 4.78 is 0. The molecule has 48 heavy (non-hydrogen) atoms. The van der Waals surface area contributed by atoms with E-state index < -0.39 is 12.1 Å². The lowest BCUT2D eigenvalue weighted by molar-refractivity contribution is -0.123. The quantitative estimate of drug-likeness (QED) is 0.0563. The molecule has 0 spiro atoms. The largest absolute Gasteiger partial charge is 0.394 e. The Morgan fingerprint density at radius 1 is 0.417 bits per heavy atom. The second-order valence-corrected chi connectivity index (χ2v) is 15.5. The van der Waals surface area contributed by atoms with Crippen LogP contribution in [0, 0.1) is 0 Å². The molecule has 0 aliphatic rings. The van der Waals surface area contributed by atoms with Gasteiger partial charge in [-0.1, -0.05) is 239 Å². The number of carbonyl (C=O) groups excluding carboxylic acids is 1. The molecule has 1 amide bonds. The van der Waals surface area contributed by atoms with Crippen LogP contribution in [0.1, 0.15) is 258 Å². The van der Waals surface area contributed by atoms with E-state index in [4.69, 9.17) is 0 Å². The highest BCUT2D eigenvalue weighted by molar-refractivity contribution is 5.76. The Morgan fingerprint density at radius 2 is 0.667 bits per heavy atom. The summed E-state index contributed by atoms with van der Waals surface area (Å²) in [4.78, 5) is 12.3. The number of nitrogens with one attached hydrogen (secondary N) is 1. The molecule has 2 unspecified atom stereocenters. The number of hydrogen-bond acceptors (Lipinski definition) is 3. The molecule has 0 fully saturated rings. The van der Waals surface area contributed by atoms with Crippen LogP contribution in [-0.2, 0) is 4.79 Å². The van der Waals surface area contributed by atoms with Gasteiger partial charge >= 0.3 is 0 Å². The van der Waals surface area contributed by atoms with Gasteiger partial charge in [0.05, 0.1) is 18.8 Å². The van der Waals surface area contributed by atoms with Gasteiger partial charge in [0.1, 0.15) is 0 Å². The molecule has 0 aromatic carbocycles. The standard InChI is InChI=1S/C44H89NO3/c1-3-5-7-9-11-12-13-14-15-16-17-18-19-20-21-22-23-24-25-26-27-28-29-30-31-32-33-34-36-38-40-44(48)45-42(41-46)43(47)39-37-35-10-8-6-4-2/h42-43,46-47H,3-41H2,1-2H3,(H,45,48). The minimum atomic E-state index is -0.649. The molecule has 0 aliphatic heterocycles. The molecule has 0 aromatic rings. The summed E-state index contributed by atoms with van der Waals surface area (Å²) in [6.07, 6.45) is 49.4. The Balaban J connectivity index is 3.30. The first-order chi connectivity index (χ1) is 23.7. The summed E-state index contributed by atoms with van der Waals surface area (Å²) in [6.45, 7) is 4.32. The lowest BCUT2D eigenvalue weighted by atomic mass is 10.0. The van der Waals surface area contributed by atoms with Crippen LogP contribution in [-0.4, -0.2) is 34.9 Å². The van der Waals surface area contributed by atoms with Crippen LogP contribution in [0.25, 0.3) is 0 Å². The van der Waals surface area contributed by atoms with E-state index in [1.807, 2.05) is 0 Å². The van der Waals surface area contributed by atoms with E-state index in [0.717, 1.165) is 25.7 Å². The van der Waals surface area contributed by atoms with E-state index in [2.05, 4.69) is 19.2 Å². The maximum Gasteiger partial charge on any atom is 0.220 e. The molecule has 0 aliphatic carbocycles. The summed E-state index contributed by atoms with van der Waals surface area (Å²) in [5.74, 6) is -0.0312. The smallest absolute Gasteiger partial charge is 0.220 e. The van der Waals surface area contributed by atoms with Gasteiger partial charge in [-0.3, -0.25) is 4.79 Å². The van der Waals surface area contributed by atoms with Gasteiger partial charge in [-0.25, -0.2) is 0 Å². The Labute approximate surface area is 302 Å². The van der Waals surface area contributed by atoms with Crippen molar-refractivity contribution >= 4 is 5.91 Å². The molecule has 0 bridgehead atoms. The molecule has 2 atom stereocenters. The number of aliphatic hydroxyl groups excluding tert-OH is 2. The summed E-state index contributed by atoms with van der Waals surface area (Å²) in [6, 6.07) is -0.526. The third kappa shape index (κ3) is 36.7. The van der Waals surface area contributed by atoms with Gasteiger partial charge in [-0.15, -0.1) is 0 Å². The van der Waals surface area contributed by atoms with Crippen molar-refractivity contribution in [2.24, 2.45) is 0 Å². The van der Waals surface area contributed by atoms with Crippen molar-refractivity contribution < 1.29 is 15.0 Å². The van der Waals surface area contributed by atoms with Crippen molar-refractivity contribution in [1.82, 2.24) is 5.32 Å². The number of amides is 1. The molecule has 4 nitrogen and oxygen atoms in total. The monoisotopic (exact) mass is 680 g/mol. The van der Waals surface area contributed by atoms with Crippen molar-refractivity contribution in [2.45, 2.75) is 270 Å². The van der Waals surface area contributed by atoms with Crippen LogP contribution in [0.5, 0.6) is 0 Å². The van der Waals surface area contributed by atoms with Gasteiger partial charge in [-0.2, -0.15) is 0 Å². The normalized spacial score (nSPS) is 12.8. The fraction of sp³-hybridized carbons (Fsp3) is 0.977.